The molecule has 1 amide bonds. The lowest BCUT2D eigenvalue weighted by atomic mass is 10.2. The second-order valence-electron chi connectivity index (χ2n) is 3.49. The summed E-state index contributed by atoms with van der Waals surface area (Å²) in [6.45, 7) is 2.16. The van der Waals surface area contributed by atoms with Crippen LogP contribution >= 0.6 is 0 Å². The van der Waals surface area contributed by atoms with E-state index in [1.807, 2.05) is 0 Å². The molecule has 18 heavy (non-hydrogen) atoms. The van der Waals surface area contributed by atoms with Crippen molar-refractivity contribution in [2.24, 2.45) is 0 Å². The fraction of sp³-hybridized carbons (Fsp3) is 0.222. The van der Waals surface area contributed by atoms with Crippen LogP contribution < -0.4 is 4.72 Å². The van der Waals surface area contributed by atoms with Gasteiger partial charge in [-0.3, -0.25) is 14.9 Å². The Labute approximate surface area is 102 Å². The number of benzene rings is 1. The Bertz CT molecular complexity index is 626. The highest BCUT2D eigenvalue weighted by molar-refractivity contribution is 7.90. The van der Waals surface area contributed by atoms with Crippen LogP contribution in [-0.2, 0) is 14.8 Å². The van der Waals surface area contributed by atoms with Gasteiger partial charge in [0.25, 0.3) is 10.0 Å². The molecule has 0 aromatic heterocycles. The average molecular weight is 276 g/mol. The number of sulfonamides is 1. The van der Waals surface area contributed by atoms with Gasteiger partial charge in [-0.05, 0) is 18.6 Å². The topological polar surface area (TPSA) is 106 Å². The number of carbonyl (C=O) groups is 1. The van der Waals surface area contributed by atoms with Crippen LogP contribution in [0.1, 0.15) is 12.5 Å². The lowest BCUT2D eigenvalue weighted by Crippen LogP contribution is -2.28. The van der Waals surface area contributed by atoms with Crippen molar-refractivity contribution < 1.29 is 22.5 Å². The number of halogens is 1. The fourth-order valence-corrected chi connectivity index (χ4v) is 2.35. The van der Waals surface area contributed by atoms with Gasteiger partial charge in [0.1, 0.15) is 0 Å². The quantitative estimate of drug-likeness (QED) is 0.651. The summed E-state index contributed by atoms with van der Waals surface area (Å²) >= 11 is 0. The molecular weight excluding hydrogens is 267 g/mol. The number of rotatable bonds is 3. The first-order chi connectivity index (χ1) is 8.15. The summed E-state index contributed by atoms with van der Waals surface area (Å²) in [7, 11) is -4.23. The molecule has 0 radical (unpaired) electrons. The van der Waals surface area contributed by atoms with Crippen LogP contribution in [-0.4, -0.2) is 19.2 Å². The Balaban J connectivity index is 3.45. The average Bonchev–Trinajstić information content (AvgIpc) is 2.19. The molecule has 0 atom stereocenters. The second-order valence-corrected chi connectivity index (χ2v) is 5.17. The third-order valence-electron chi connectivity index (χ3n) is 1.99. The number of amides is 1. The van der Waals surface area contributed by atoms with Crippen LogP contribution in [0, 0.1) is 22.9 Å². The first-order valence-electron chi connectivity index (χ1n) is 4.63. The van der Waals surface area contributed by atoms with Crippen LogP contribution in [0.2, 0.25) is 0 Å². The zero-order chi connectivity index (χ0) is 14.1. The van der Waals surface area contributed by atoms with E-state index in [1.165, 1.54) is 6.92 Å². The maximum absolute atomic E-state index is 13.4. The molecule has 1 N–H and O–H groups in total. The largest absolute Gasteiger partial charge is 0.306 e. The van der Waals surface area contributed by atoms with Gasteiger partial charge in [-0.25, -0.2) is 13.1 Å². The predicted octanol–water partition coefficient (Wildman–Crippen LogP) is 0.867. The highest BCUT2D eigenvalue weighted by Gasteiger charge is 2.24. The van der Waals surface area contributed by atoms with Crippen molar-refractivity contribution >= 4 is 21.6 Å². The van der Waals surface area contributed by atoms with E-state index in [9.17, 15) is 27.7 Å². The first kappa shape index (κ1) is 14.0. The number of nitrogens with zero attached hydrogens (tertiary/aromatic N) is 1. The van der Waals surface area contributed by atoms with Gasteiger partial charge in [0.05, 0.1) is 9.82 Å². The van der Waals surface area contributed by atoms with E-state index >= 15 is 0 Å². The molecule has 0 spiro atoms. The van der Waals surface area contributed by atoms with Gasteiger partial charge < -0.3 is 0 Å². The maximum Gasteiger partial charge on any atom is 0.306 e. The number of hydrogen-bond donors (Lipinski definition) is 1. The van der Waals surface area contributed by atoms with Gasteiger partial charge in [0.15, 0.2) is 0 Å². The van der Waals surface area contributed by atoms with Gasteiger partial charge in [-0.1, -0.05) is 0 Å². The predicted molar refractivity (Wildman–Crippen MR) is 58.8 cm³/mol. The highest BCUT2D eigenvalue weighted by atomic mass is 32.2. The second kappa shape index (κ2) is 4.69. The molecule has 0 aliphatic carbocycles. The summed E-state index contributed by atoms with van der Waals surface area (Å²) in [4.78, 5) is 19.7. The molecule has 0 unspecified atom stereocenters. The van der Waals surface area contributed by atoms with Crippen LogP contribution in [0.4, 0.5) is 10.1 Å². The Morgan fingerprint density at radius 2 is 2.00 bits per heavy atom. The first-order valence-corrected chi connectivity index (χ1v) is 6.11. The van der Waals surface area contributed by atoms with Crippen molar-refractivity contribution in [1.82, 2.24) is 4.72 Å². The Kier molecular flexibility index (Phi) is 3.65. The summed E-state index contributed by atoms with van der Waals surface area (Å²) in [6, 6.07) is 1.47. The third kappa shape index (κ3) is 2.80. The number of nitro benzene ring substituents is 1. The third-order valence-corrected chi connectivity index (χ3v) is 3.41. The van der Waals surface area contributed by atoms with Crippen molar-refractivity contribution in [2.45, 2.75) is 18.7 Å². The summed E-state index contributed by atoms with van der Waals surface area (Å²) in [5.74, 6) is -1.96. The smallest absolute Gasteiger partial charge is 0.274 e. The summed E-state index contributed by atoms with van der Waals surface area (Å²) in [5, 5.41) is 10.6. The van der Waals surface area contributed by atoms with Gasteiger partial charge >= 0.3 is 5.69 Å². The van der Waals surface area contributed by atoms with E-state index in [4.69, 9.17) is 0 Å². The molecule has 1 aromatic rings. The van der Waals surface area contributed by atoms with Crippen LogP contribution in [0.5, 0.6) is 0 Å². The Morgan fingerprint density at radius 1 is 1.44 bits per heavy atom. The van der Waals surface area contributed by atoms with Crippen molar-refractivity contribution in [3.63, 3.8) is 0 Å². The Morgan fingerprint density at radius 3 is 2.44 bits per heavy atom. The van der Waals surface area contributed by atoms with Gasteiger partial charge in [-0.15, -0.1) is 0 Å². The number of carbonyl (C=O) groups excluding carboxylic acids is 1. The van der Waals surface area contributed by atoms with E-state index < -0.39 is 37.3 Å². The number of nitrogens with one attached hydrogen (secondary N) is 1. The minimum Gasteiger partial charge on any atom is -0.274 e. The lowest BCUT2D eigenvalue weighted by molar-refractivity contribution is -0.387. The molecule has 98 valence electrons. The van der Waals surface area contributed by atoms with Crippen LogP contribution in [0.3, 0.4) is 0 Å². The molecule has 9 heteroatoms. The van der Waals surface area contributed by atoms with Gasteiger partial charge in [0.2, 0.25) is 11.7 Å². The zero-order valence-electron chi connectivity index (χ0n) is 9.43. The van der Waals surface area contributed by atoms with Crippen molar-refractivity contribution in [1.29, 1.82) is 0 Å². The van der Waals surface area contributed by atoms with Crippen molar-refractivity contribution in [2.75, 3.05) is 0 Å². The van der Waals surface area contributed by atoms with E-state index in [-0.39, 0.29) is 5.56 Å². The normalized spacial score (nSPS) is 11.1. The number of aryl methyl sites for hydroxylation is 1. The summed E-state index contributed by atoms with van der Waals surface area (Å²) in [5.41, 5.74) is -1.16. The van der Waals surface area contributed by atoms with Gasteiger partial charge in [-0.2, -0.15) is 4.39 Å². The van der Waals surface area contributed by atoms with Crippen LogP contribution in [0.25, 0.3) is 0 Å². The summed E-state index contributed by atoms with van der Waals surface area (Å²) in [6.07, 6.45) is 0. The van der Waals surface area contributed by atoms with E-state index in [0.717, 1.165) is 13.0 Å². The lowest BCUT2D eigenvalue weighted by Gasteiger charge is -2.06. The molecule has 0 bridgehead atoms. The molecule has 1 rings (SSSR count). The number of hydrogen-bond acceptors (Lipinski definition) is 5. The van der Waals surface area contributed by atoms with E-state index in [2.05, 4.69) is 0 Å². The molecule has 0 saturated carbocycles. The standard InChI is InChI=1S/C9H9FN2O5S/c1-5-3-7(18(16,17)11-6(2)13)4-8(9(5)10)12(14)15/h3-4H,1-2H3,(H,11,13). The van der Waals surface area contributed by atoms with Gasteiger partial charge in [0, 0.05) is 13.0 Å². The molecule has 0 heterocycles. The maximum atomic E-state index is 13.4. The minimum atomic E-state index is -4.23. The SMILES string of the molecule is CC(=O)NS(=O)(=O)c1cc(C)c(F)c([N+](=O)[O-])c1. The number of nitro groups is 1. The molecular formula is C9H9FN2O5S. The van der Waals surface area contributed by atoms with Crippen molar-refractivity contribution in [3.05, 3.63) is 33.6 Å². The zero-order valence-corrected chi connectivity index (χ0v) is 10.2. The molecule has 0 aliphatic heterocycles. The van der Waals surface area contributed by atoms with Crippen LogP contribution in [0.15, 0.2) is 17.0 Å². The van der Waals surface area contributed by atoms with Crippen molar-refractivity contribution in [3.8, 4) is 0 Å². The molecule has 1 aromatic carbocycles. The minimum absolute atomic E-state index is 0.201. The van der Waals surface area contributed by atoms with E-state index in [1.54, 1.807) is 4.72 Å². The fourth-order valence-electron chi connectivity index (χ4n) is 1.25. The van der Waals surface area contributed by atoms with E-state index in [0.29, 0.717) is 6.07 Å². The molecule has 0 aliphatic rings. The summed E-state index contributed by atoms with van der Waals surface area (Å²) < 4.78 is 38.2. The molecule has 0 fully saturated rings. The Hall–Kier alpha value is -2.03. The molecule has 0 saturated heterocycles. The monoisotopic (exact) mass is 276 g/mol. The highest BCUT2D eigenvalue weighted by Crippen LogP contribution is 2.24. The molecule has 7 nitrogen and oxygen atoms in total.